The van der Waals surface area contributed by atoms with Gasteiger partial charge < -0.3 is 5.32 Å². The Kier molecular flexibility index (Phi) is 4.78. The molecule has 0 heterocycles. The van der Waals surface area contributed by atoms with Gasteiger partial charge in [-0.05, 0) is 50.3 Å². The van der Waals surface area contributed by atoms with Crippen molar-refractivity contribution in [2.45, 2.75) is 46.0 Å². The van der Waals surface area contributed by atoms with Crippen LogP contribution in [0.4, 0.5) is 5.69 Å². The van der Waals surface area contributed by atoms with Gasteiger partial charge >= 0.3 is 0 Å². The van der Waals surface area contributed by atoms with Crippen LogP contribution in [0.5, 0.6) is 0 Å². The fraction of sp³-hybridized carbons (Fsp3) is 0.471. The first-order valence-corrected chi connectivity index (χ1v) is 7.21. The number of aryl methyl sites for hydroxylation is 2. The van der Waals surface area contributed by atoms with Gasteiger partial charge in [0, 0.05) is 5.69 Å². The average Bonchev–Trinajstić information content (AvgIpc) is 2.41. The fourth-order valence-corrected chi connectivity index (χ4v) is 2.68. The zero-order valence-electron chi connectivity index (χ0n) is 11.9. The zero-order valence-corrected chi connectivity index (χ0v) is 11.9. The molecule has 1 aliphatic rings. The second kappa shape index (κ2) is 6.55. The maximum absolute atomic E-state index is 11.9. The predicted octanol–water partition coefficient (Wildman–Crippen LogP) is 4.38. The summed E-state index contributed by atoms with van der Waals surface area (Å²) in [5.41, 5.74) is 3.23. The Morgan fingerprint density at radius 3 is 2.63 bits per heavy atom. The summed E-state index contributed by atoms with van der Waals surface area (Å²) in [5.74, 6) is 0.580. The van der Waals surface area contributed by atoms with Crippen molar-refractivity contribution in [1.29, 1.82) is 0 Å². The molecular formula is C17H23NO. The molecule has 2 nitrogen and oxygen atoms in total. The van der Waals surface area contributed by atoms with Crippen LogP contribution in [0.3, 0.4) is 0 Å². The van der Waals surface area contributed by atoms with Crippen molar-refractivity contribution in [2.24, 2.45) is 5.92 Å². The molecule has 0 aromatic heterocycles. The first-order chi connectivity index (χ1) is 9.15. The molecule has 1 fully saturated rings. The smallest absolute Gasteiger partial charge is 0.248 e. The summed E-state index contributed by atoms with van der Waals surface area (Å²) in [5, 5.41) is 2.95. The molecule has 0 spiro atoms. The summed E-state index contributed by atoms with van der Waals surface area (Å²) in [4.78, 5) is 11.9. The molecule has 1 aromatic rings. The van der Waals surface area contributed by atoms with Gasteiger partial charge in [0.05, 0.1) is 0 Å². The summed E-state index contributed by atoms with van der Waals surface area (Å²) in [6, 6.07) is 6.07. The average molecular weight is 257 g/mol. The largest absolute Gasteiger partial charge is 0.322 e. The van der Waals surface area contributed by atoms with Crippen LogP contribution in [-0.2, 0) is 4.79 Å². The van der Waals surface area contributed by atoms with E-state index in [1.807, 2.05) is 19.1 Å². The lowest BCUT2D eigenvalue weighted by Gasteiger charge is -2.17. The number of carbonyl (C=O) groups excluding carboxylic acids is 1. The minimum atomic E-state index is -0.0162. The van der Waals surface area contributed by atoms with Crippen molar-refractivity contribution in [1.82, 2.24) is 0 Å². The second-order valence-electron chi connectivity index (χ2n) is 5.56. The summed E-state index contributed by atoms with van der Waals surface area (Å²) >= 11 is 0. The SMILES string of the molecule is Cc1ccc(NC(=O)C=CC2CCCCC2)c(C)c1. The quantitative estimate of drug-likeness (QED) is 0.800. The Morgan fingerprint density at radius 2 is 1.95 bits per heavy atom. The van der Waals surface area contributed by atoms with E-state index in [0.29, 0.717) is 5.92 Å². The van der Waals surface area contributed by atoms with Crippen molar-refractivity contribution in [3.8, 4) is 0 Å². The molecule has 2 heteroatoms. The van der Waals surface area contributed by atoms with E-state index in [1.165, 1.54) is 37.7 Å². The molecule has 1 amide bonds. The summed E-state index contributed by atoms with van der Waals surface area (Å²) in [7, 11) is 0. The highest BCUT2D eigenvalue weighted by Crippen LogP contribution is 2.24. The number of rotatable bonds is 3. The third-order valence-corrected chi connectivity index (χ3v) is 3.81. The molecule has 2 rings (SSSR count). The predicted molar refractivity (Wildman–Crippen MR) is 80.3 cm³/mol. The fourth-order valence-electron chi connectivity index (χ4n) is 2.68. The monoisotopic (exact) mass is 257 g/mol. The number of hydrogen-bond donors (Lipinski definition) is 1. The normalized spacial score (nSPS) is 16.7. The molecule has 1 aliphatic carbocycles. The Morgan fingerprint density at radius 1 is 1.21 bits per heavy atom. The van der Waals surface area contributed by atoms with Gasteiger partial charge in [-0.15, -0.1) is 0 Å². The van der Waals surface area contributed by atoms with Gasteiger partial charge in [-0.3, -0.25) is 4.79 Å². The number of anilines is 1. The van der Waals surface area contributed by atoms with Gasteiger partial charge in [-0.25, -0.2) is 0 Å². The number of benzene rings is 1. The van der Waals surface area contributed by atoms with Crippen LogP contribution in [0.2, 0.25) is 0 Å². The standard InChI is InChI=1S/C17H23NO/c1-13-8-10-16(14(2)12-13)18-17(19)11-9-15-6-4-3-5-7-15/h8-12,15H,3-7H2,1-2H3,(H,18,19). The van der Waals surface area contributed by atoms with E-state index in [0.717, 1.165) is 11.3 Å². The van der Waals surface area contributed by atoms with Crippen LogP contribution in [0.15, 0.2) is 30.4 Å². The second-order valence-corrected chi connectivity index (χ2v) is 5.56. The molecule has 0 bridgehead atoms. The van der Waals surface area contributed by atoms with E-state index in [4.69, 9.17) is 0 Å². The van der Waals surface area contributed by atoms with Crippen molar-refractivity contribution in [2.75, 3.05) is 5.32 Å². The molecule has 1 saturated carbocycles. The number of amides is 1. The maximum Gasteiger partial charge on any atom is 0.248 e. The van der Waals surface area contributed by atoms with Gasteiger partial charge in [0.1, 0.15) is 0 Å². The Bertz CT molecular complexity index is 470. The van der Waals surface area contributed by atoms with Crippen LogP contribution in [0, 0.1) is 19.8 Å². The number of hydrogen-bond acceptors (Lipinski definition) is 1. The number of nitrogens with one attached hydrogen (secondary N) is 1. The molecule has 1 aromatic carbocycles. The molecule has 19 heavy (non-hydrogen) atoms. The highest BCUT2D eigenvalue weighted by molar-refractivity contribution is 5.99. The van der Waals surface area contributed by atoms with E-state index in [9.17, 15) is 4.79 Å². The maximum atomic E-state index is 11.9. The molecule has 0 saturated heterocycles. The lowest BCUT2D eigenvalue weighted by atomic mass is 9.89. The molecule has 102 valence electrons. The topological polar surface area (TPSA) is 29.1 Å². The summed E-state index contributed by atoms with van der Waals surface area (Å²) in [6.07, 6.45) is 10.2. The minimum absolute atomic E-state index is 0.0162. The van der Waals surface area contributed by atoms with E-state index in [-0.39, 0.29) is 5.91 Å². The molecule has 1 N–H and O–H groups in total. The lowest BCUT2D eigenvalue weighted by molar-refractivity contribution is -0.111. The lowest BCUT2D eigenvalue weighted by Crippen LogP contribution is -2.10. The number of carbonyl (C=O) groups is 1. The molecule has 0 atom stereocenters. The van der Waals surface area contributed by atoms with Crippen molar-refractivity contribution >= 4 is 11.6 Å². The first kappa shape index (κ1) is 13.9. The van der Waals surface area contributed by atoms with Crippen LogP contribution in [0.1, 0.15) is 43.2 Å². The van der Waals surface area contributed by atoms with Crippen LogP contribution in [0.25, 0.3) is 0 Å². The third-order valence-electron chi connectivity index (χ3n) is 3.81. The third kappa shape index (κ3) is 4.23. The molecule has 0 aliphatic heterocycles. The highest BCUT2D eigenvalue weighted by atomic mass is 16.1. The Hall–Kier alpha value is -1.57. The molecular weight excluding hydrogens is 234 g/mol. The van der Waals surface area contributed by atoms with Gasteiger partial charge in [-0.1, -0.05) is 43.0 Å². The van der Waals surface area contributed by atoms with Gasteiger partial charge in [0.15, 0.2) is 0 Å². The van der Waals surface area contributed by atoms with Gasteiger partial charge in [0.2, 0.25) is 5.91 Å². The van der Waals surface area contributed by atoms with Crippen molar-refractivity contribution in [3.05, 3.63) is 41.5 Å². The Balaban J connectivity index is 1.91. The van der Waals surface area contributed by atoms with Crippen LogP contribution >= 0.6 is 0 Å². The van der Waals surface area contributed by atoms with Crippen LogP contribution < -0.4 is 5.32 Å². The van der Waals surface area contributed by atoms with E-state index >= 15 is 0 Å². The van der Waals surface area contributed by atoms with Crippen molar-refractivity contribution < 1.29 is 4.79 Å². The highest BCUT2D eigenvalue weighted by Gasteiger charge is 2.10. The van der Waals surface area contributed by atoms with E-state index < -0.39 is 0 Å². The summed E-state index contributed by atoms with van der Waals surface area (Å²) in [6.45, 7) is 4.08. The zero-order chi connectivity index (χ0) is 13.7. The molecule has 0 unspecified atom stereocenters. The van der Waals surface area contributed by atoms with Gasteiger partial charge in [0.25, 0.3) is 0 Å². The van der Waals surface area contributed by atoms with Crippen molar-refractivity contribution in [3.63, 3.8) is 0 Å². The first-order valence-electron chi connectivity index (χ1n) is 7.21. The summed E-state index contributed by atoms with van der Waals surface area (Å²) < 4.78 is 0. The van der Waals surface area contributed by atoms with E-state index in [1.54, 1.807) is 6.08 Å². The van der Waals surface area contributed by atoms with Gasteiger partial charge in [-0.2, -0.15) is 0 Å². The Labute approximate surface area is 115 Å². The minimum Gasteiger partial charge on any atom is -0.322 e. The van der Waals surface area contributed by atoms with E-state index in [2.05, 4.69) is 24.4 Å². The number of allylic oxidation sites excluding steroid dienone is 1. The van der Waals surface area contributed by atoms with Crippen LogP contribution in [-0.4, -0.2) is 5.91 Å². The molecule has 0 radical (unpaired) electrons.